The van der Waals surface area contributed by atoms with Crippen LogP contribution in [0.1, 0.15) is 48.2 Å². The normalized spacial score (nSPS) is 17.4. The molecule has 1 unspecified atom stereocenters. The lowest BCUT2D eigenvalue weighted by Crippen LogP contribution is -2.19. The van der Waals surface area contributed by atoms with Gasteiger partial charge < -0.3 is 5.32 Å². The van der Waals surface area contributed by atoms with Crippen LogP contribution in [0.4, 0.5) is 0 Å². The highest BCUT2D eigenvalue weighted by Gasteiger charge is 2.21. The third kappa shape index (κ3) is 2.04. The first-order valence-electron chi connectivity index (χ1n) is 6.51. The molecule has 1 saturated carbocycles. The average Bonchev–Trinajstić information content (AvgIpc) is 2.82. The number of hydrogen-bond donors (Lipinski definition) is 2. The largest absolute Gasteiger partial charge is 0.307 e. The molecule has 3 rings (SSSR count). The molecule has 0 aliphatic heterocycles. The van der Waals surface area contributed by atoms with Crippen molar-refractivity contribution in [1.82, 2.24) is 20.5 Å². The van der Waals surface area contributed by atoms with E-state index in [0.29, 0.717) is 0 Å². The van der Waals surface area contributed by atoms with Crippen LogP contribution in [0.5, 0.6) is 0 Å². The van der Waals surface area contributed by atoms with Gasteiger partial charge in [-0.15, -0.1) is 0 Å². The van der Waals surface area contributed by atoms with Crippen LogP contribution in [0.2, 0.25) is 0 Å². The Morgan fingerprint density at radius 3 is 2.89 bits per heavy atom. The van der Waals surface area contributed by atoms with Crippen molar-refractivity contribution in [3.63, 3.8) is 0 Å². The van der Waals surface area contributed by atoms with Crippen LogP contribution in [0, 0.1) is 0 Å². The van der Waals surface area contributed by atoms with E-state index in [9.17, 15) is 0 Å². The molecule has 94 valence electrons. The highest BCUT2D eigenvalue weighted by atomic mass is 15.2. The minimum absolute atomic E-state index is 0.0903. The molecule has 1 aromatic carbocycles. The maximum absolute atomic E-state index is 4.24. The Hall–Kier alpha value is -1.68. The van der Waals surface area contributed by atoms with Crippen molar-refractivity contribution in [3.05, 3.63) is 47.5 Å². The number of nitrogens with zero attached hydrogens (tertiary/aromatic N) is 2. The summed E-state index contributed by atoms with van der Waals surface area (Å²) in [6.45, 7) is 0. The van der Waals surface area contributed by atoms with Crippen LogP contribution >= 0.6 is 0 Å². The van der Waals surface area contributed by atoms with Gasteiger partial charge in [-0.05, 0) is 36.9 Å². The lowest BCUT2D eigenvalue weighted by atomic mass is 9.79. The minimum Gasteiger partial charge on any atom is -0.307 e. The minimum atomic E-state index is 0.0903. The van der Waals surface area contributed by atoms with Gasteiger partial charge >= 0.3 is 0 Å². The summed E-state index contributed by atoms with van der Waals surface area (Å²) in [6, 6.07) is 8.91. The number of rotatable bonds is 4. The molecule has 4 nitrogen and oxygen atoms in total. The van der Waals surface area contributed by atoms with E-state index in [1.807, 2.05) is 7.05 Å². The Kier molecular flexibility index (Phi) is 3.11. The maximum atomic E-state index is 4.24. The standard InChI is InChI=1S/C14H18N4/c1-15-13(14-16-9-17-18-14)12-7-3-6-11(8-12)10-4-2-5-10/h3,6-10,13,15H,2,4-5H2,1H3,(H,16,17,18). The van der Waals surface area contributed by atoms with E-state index in [1.54, 1.807) is 6.33 Å². The van der Waals surface area contributed by atoms with Gasteiger partial charge in [-0.25, -0.2) is 4.98 Å². The summed E-state index contributed by atoms with van der Waals surface area (Å²) in [6.07, 6.45) is 5.58. The van der Waals surface area contributed by atoms with Gasteiger partial charge in [-0.2, -0.15) is 5.10 Å². The van der Waals surface area contributed by atoms with Crippen molar-refractivity contribution in [1.29, 1.82) is 0 Å². The van der Waals surface area contributed by atoms with Gasteiger partial charge in [0.15, 0.2) is 0 Å². The Morgan fingerprint density at radius 1 is 1.39 bits per heavy atom. The van der Waals surface area contributed by atoms with Gasteiger partial charge in [0, 0.05) is 0 Å². The number of H-pyrrole nitrogens is 1. The monoisotopic (exact) mass is 242 g/mol. The van der Waals surface area contributed by atoms with Crippen LogP contribution in [-0.2, 0) is 0 Å². The molecule has 18 heavy (non-hydrogen) atoms. The van der Waals surface area contributed by atoms with Crippen LogP contribution < -0.4 is 5.32 Å². The van der Waals surface area contributed by atoms with Crippen LogP contribution in [0.25, 0.3) is 0 Å². The van der Waals surface area contributed by atoms with Gasteiger partial charge in [0.2, 0.25) is 0 Å². The molecule has 4 heteroatoms. The number of benzene rings is 1. The van der Waals surface area contributed by atoms with Gasteiger partial charge in [0.25, 0.3) is 0 Å². The SMILES string of the molecule is CNC(c1cccc(C2CCC2)c1)c1ncn[nH]1. The summed E-state index contributed by atoms with van der Waals surface area (Å²) in [7, 11) is 1.95. The number of aromatic nitrogens is 3. The van der Waals surface area contributed by atoms with E-state index in [4.69, 9.17) is 0 Å². The van der Waals surface area contributed by atoms with Gasteiger partial charge in [-0.1, -0.05) is 30.7 Å². The van der Waals surface area contributed by atoms with Gasteiger partial charge in [-0.3, -0.25) is 5.10 Å². The van der Waals surface area contributed by atoms with Crippen LogP contribution in [0.3, 0.4) is 0 Å². The van der Waals surface area contributed by atoms with Crippen LogP contribution in [0.15, 0.2) is 30.6 Å². The van der Waals surface area contributed by atoms with Crippen molar-refractivity contribution in [2.45, 2.75) is 31.2 Å². The van der Waals surface area contributed by atoms with E-state index in [2.05, 4.69) is 44.8 Å². The third-order valence-corrected chi connectivity index (χ3v) is 3.82. The number of aromatic amines is 1. The molecule has 1 fully saturated rings. The molecule has 1 atom stereocenters. The van der Waals surface area contributed by atoms with Crippen molar-refractivity contribution in [2.75, 3.05) is 7.05 Å². The predicted molar refractivity (Wildman–Crippen MR) is 70.3 cm³/mol. The zero-order valence-corrected chi connectivity index (χ0v) is 10.6. The zero-order valence-electron chi connectivity index (χ0n) is 10.6. The smallest absolute Gasteiger partial charge is 0.145 e. The number of hydrogen-bond acceptors (Lipinski definition) is 3. The first-order chi connectivity index (χ1) is 8.88. The molecule has 1 aromatic heterocycles. The van der Waals surface area contributed by atoms with Gasteiger partial charge in [0.05, 0.1) is 6.04 Å². The Labute approximate surface area is 107 Å². The summed E-state index contributed by atoms with van der Waals surface area (Å²) in [5.41, 5.74) is 2.71. The van der Waals surface area contributed by atoms with Crippen molar-refractivity contribution >= 4 is 0 Å². The summed E-state index contributed by atoms with van der Waals surface area (Å²) < 4.78 is 0. The molecule has 1 heterocycles. The van der Waals surface area contributed by atoms with E-state index >= 15 is 0 Å². The zero-order chi connectivity index (χ0) is 12.4. The maximum Gasteiger partial charge on any atom is 0.145 e. The van der Waals surface area contributed by atoms with Crippen molar-refractivity contribution < 1.29 is 0 Å². The van der Waals surface area contributed by atoms with E-state index in [-0.39, 0.29) is 6.04 Å². The molecule has 0 saturated heterocycles. The van der Waals surface area contributed by atoms with Crippen molar-refractivity contribution in [3.8, 4) is 0 Å². The topological polar surface area (TPSA) is 53.6 Å². The molecule has 0 bridgehead atoms. The second-order valence-corrected chi connectivity index (χ2v) is 4.89. The fourth-order valence-corrected chi connectivity index (χ4v) is 2.55. The molecular weight excluding hydrogens is 224 g/mol. The fraction of sp³-hybridized carbons (Fsp3) is 0.429. The second kappa shape index (κ2) is 4.90. The Balaban J connectivity index is 1.90. The Morgan fingerprint density at radius 2 is 2.28 bits per heavy atom. The average molecular weight is 242 g/mol. The summed E-state index contributed by atoms with van der Waals surface area (Å²) in [5.74, 6) is 1.63. The van der Waals surface area contributed by atoms with E-state index in [0.717, 1.165) is 11.7 Å². The molecule has 0 spiro atoms. The highest BCUT2D eigenvalue weighted by Crippen LogP contribution is 2.37. The second-order valence-electron chi connectivity index (χ2n) is 4.89. The van der Waals surface area contributed by atoms with E-state index in [1.165, 1.54) is 30.4 Å². The Bertz CT molecular complexity index is 502. The lowest BCUT2D eigenvalue weighted by molar-refractivity contribution is 0.419. The molecule has 0 amide bonds. The quantitative estimate of drug-likeness (QED) is 0.865. The molecule has 2 aromatic rings. The molecule has 0 radical (unpaired) electrons. The first kappa shape index (κ1) is 11.4. The third-order valence-electron chi connectivity index (χ3n) is 3.82. The summed E-state index contributed by atoms with van der Waals surface area (Å²) >= 11 is 0. The summed E-state index contributed by atoms with van der Waals surface area (Å²) in [4.78, 5) is 4.24. The predicted octanol–water partition coefficient (Wildman–Crippen LogP) is 2.38. The summed E-state index contributed by atoms with van der Waals surface area (Å²) in [5, 5.41) is 10.2. The van der Waals surface area contributed by atoms with Crippen molar-refractivity contribution in [2.24, 2.45) is 0 Å². The molecule has 1 aliphatic carbocycles. The van der Waals surface area contributed by atoms with Gasteiger partial charge in [0.1, 0.15) is 12.2 Å². The molecular formula is C14H18N4. The van der Waals surface area contributed by atoms with Crippen LogP contribution in [-0.4, -0.2) is 22.2 Å². The van der Waals surface area contributed by atoms with E-state index < -0.39 is 0 Å². The number of nitrogens with one attached hydrogen (secondary N) is 2. The first-order valence-corrected chi connectivity index (χ1v) is 6.51. The molecule has 2 N–H and O–H groups in total. The molecule has 1 aliphatic rings. The lowest BCUT2D eigenvalue weighted by Gasteiger charge is -2.26. The fourth-order valence-electron chi connectivity index (χ4n) is 2.55. The highest BCUT2D eigenvalue weighted by molar-refractivity contribution is 5.32.